The Labute approximate surface area is 208 Å². The largest absolute Gasteiger partial charge is 0.373 e. The lowest BCUT2D eigenvalue weighted by Gasteiger charge is -2.38. The Bertz CT molecular complexity index is 800. The first-order valence-corrected chi connectivity index (χ1v) is 13.4. The predicted octanol–water partition coefficient (Wildman–Crippen LogP) is 3.70. The number of amides is 1. The highest BCUT2D eigenvalue weighted by Gasteiger charge is 2.30. The third-order valence-electron chi connectivity index (χ3n) is 6.20. The highest BCUT2D eigenvalue weighted by molar-refractivity contribution is 7.96. The molecule has 3 aliphatic rings. The molecule has 4 rings (SSSR count). The third kappa shape index (κ3) is 8.04. The lowest BCUT2D eigenvalue weighted by atomic mass is 9.94. The maximum absolute atomic E-state index is 13.0. The van der Waals surface area contributed by atoms with Crippen LogP contribution < -0.4 is 11.1 Å². The van der Waals surface area contributed by atoms with Crippen LogP contribution in [0.5, 0.6) is 0 Å². The first-order chi connectivity index (χ1) is 16.1. The molecule has 1 aromatic carbocycles. The summed E-state index contributed by atoms with van der Waals surface area (Å²) in [5, 5.41) is 3.85. The molecule has 3 aliphatic heterocycles. The third-order valence-corrected chi connectivity index (χ3v) is 7.64. The summed E-state index contributed by atoms with van der Waals surface area (Å²) in [7, 11) is 0. The molecule has 8 heteroatoms. The Hall–Kier alpha value is -1.51. The number of piperidine rings is 1. The van der Waals surface area contributed by atoms with Crippen LogP contribution in [-0.2, 0) is 10.5 Å². The van der Waals surface area contributed by atoms with Gasteiger partial charge in [-0.15, -0.1) is 0 Å². The van der Waals surface area contributed by atoms with E-state index in [1.54, 1.807) is 0 Å². The molecule has 2 fully saturated rings. The van der Waals surface area contributed by atoms with Gasteiger partial charge in [0.1, 0.15) is 0 Å². The number of carbonyl (C=O) groups excluding carboxylic acids is 1. The average Bonchev–Trinajstić information content (AvgIpc) is 2.85. The fourth-order valence-corrected chi connectivity index (χ4v) is 5.42. The second kappa shape index (κ2) is 13.4. The van der Waals surface area contributed by atoms with Crippen LogP contribution in [0.3, 0.4) is 0 Å². The number of dihydropyridines is 1. The van der Waals surface area contributed by atoms with Gasteiger partial charge in [-0.05, 0) is 67.6 Å². The number of nitrogens with zero attached hydrogens (tertiary/aromatic N) is 3. The van der Waals surface area contributed by atoms with Crippen LogP contribution in [0, 0.1) is 5.92 Å². The first kappa shape index (κ1) is 26.1. The normalized spacial score (nSPS) is 22.2. The monoisotopic (exact) mass is 491 g/mol. The number of carbonyl (C=O) groups is 1. The summed E-state index contributed by atoms with van der Waals surface area (Å²) in [6, 6.07) is 8.03. The van der Waals surface area contributed by atoms with Crippen molar-refractivity contribution in [3.8, 4) is 0 Å². The second-order valence-corrected chi connectivity index (χ2v) is 9.97. The van der Waals surface area contributed by atoms with E-state index in [1.807, 2.05) is 44.1 Å². The minimum Gasteiger partial charge on any atom is -0.373 e. The number of halogens is 1. The molecule has 0 aliphatic carbocycles. The van der Waals surface area contributed by atoms with E-state index in [0.717, 1.165) is 69.4 Å². The van der Waals surface area contributed by atoms with Gasteiger partial charge in [-0.2, -0.15) is 0 Å². The second-order valence-electron chi connectivity index (χ2n) is 8.47. The van der Waals surface area contributed by atoms with Crippen molar-refractivity contribution in [2.24, 2.45) is 11.7 Å². The van der Waals surface area contributed by atoms with Crippen LogP contribution in [0.15, 0.2) is 48.2 Å². The van der Waals surface area contributed by atoms with Crippen LogP contribution in [0.4, 0.5) is 0 Å². The molecule has 6 nitrogen and oxygen atoms in total. The molecular formula is C25H38ClN5OS. The summed E-state index contributed by atoms with van der Waals surface area (Å²) in [5.74, 6) is 1.46. The van der Waals surface area contributed by atoms with Crippen LogP contribution in [0.25, 0.3) is 0 Å². The van der Waals surface area contributed by atoms with Gasteiger partial charge in [0.2, 0.25) is 5.91 Å². The Morgan fingerprint density at radius 2 is 1.76 bits per heavy atom. The number of rotatable bonds is 6. The van der Waals surface area contributed by atoms with Gasteiger partial charge in [0.05, 0.1) is 6.17 Å². The highest BCUT2D eigenvalue weighted by Crippen LogP contribution is 2.24. The molecule has 3 heterocycles. The standard InChI is InChI=1S/C23H32ClN5OS.C2H6/c24-21-3-1-18(2-4-21)17-31-29-13-11-28(12-14-29)23(30)20-6-9-27(10-7-20)16-19-5-8-26-22(25)15-19;1-2/h1-5,8,15,20,22,26H,6-7,9-14,16-17,25H2;1-2H3. The van der Waals surface area contributed by atoms with Gasteiger partial charge in [0, 0.05) is 49.4 Å². The number of benzene rings is 1. The lowest BCUT2D eigenvalue weighted by Crippen LogP contribution is -2.50. The van der Waals surface area contributed by atoms with E-state index < -0.39 is 0 Å². The number of hydrogen-bond acceptors (Lipinski definition) is 6. The van der Waals surface area contributed by atoms with Crippen molar-refractivity contribution >= 4 is 29.5 Å². The van der Waals surface area contributed by atoms with Crippen molar-refractivity contribution in [3.05, 3.63) is 58.8 Å². The Balaban J connectivity index is 0.00000149. The van der Waals surface area contributed by atoms with E-state index >= 15 is 0 Å². The van der Waals surface area contributed by atoms with Gasteiger partial charge >= 0.3 is 0 Å². The van der Waals surface area contributed by atoms with Crippen molar-refractivity contribution in [1.29, 1.82) is 0 Å². The number of nitrogens with two attached hydrogens (primary N) is 1. The van der Waals surface area contributed by atoms with Crippen LogP contribution in [0.1, 0.15) is 32.3 Å². The molecule has 0 bridgehead atoms. The maximum Gasteiger partial charge on any atom is 0.225 e. The fourth-order valence-electron chi connectivity index (χ4n) is 4.34. The molecule has 1 amide bonds. The predicted molar refractivity (Wildman–Crippen MR) is 140 cm³/mol. The molecule has 0 spiro atoms. The van der Waals surface area contributed by atoms with Gasteiger partial charge in [-0.1, -0.05) is 49.5 Å². The van der Waals surface area contributed by atoms with E-state index in [0.29, 0.717) is 5.91 Å². The summed E-state index contributed by atoms with van der Waals surface area (Å²) >= 11 is 7.80. The molecule has 1 unspecified atom stereocenters. The Kier molecular flexibility index (Phi) is 10.6. The maximum atomic E-state index is 13.0. The van der Waals surface area contributed by atoms with Gasteiger partial charge in [0.25, 0.3) is 0 Å². The van der Waals surface area contributed by atoms with E-state index in [2.05, 4.69) is 43.7 Å². The summed E-state index contributed by atoms with van der Waals surface area (Å²) in [5.41, 5.74) is 8.45. The van der Waals surface area contributed by atoms with Crippen LogP contribution >= 0.6 is 23.5 Å². The van der Waals surface area contributed by atoms with Gasteiger partial charge in [-0.3, -0.25) is 9.69 Å². The summed E-state index contributed by atoms with van der Waals surface area (Å²) < 4.78 is 2.38. The number of hydrogen-bond donors (Lipinski definition) is 2. The number of likely N-dealkylation sites (tertiary alicyclic amines) is 1. The van der Waals surface area contributed by atoms with Crippen molar-refractivity contribution in [1.82, 2.24) is 19.4 Å². The van der Waals surface area contributed by atoms with E-state index in [4.69, 9.17) is 17.3 Å². The lowest BCUT2D eigenvalue weighted by molar-refractivity contribution is -0.138. The van der Waals surface area contributed by atoms with Crippen LogP contribution in [-0.4, -0.2) is 72.0 Å². The van der Waals surface area contributed by atoms with Gasteiger partial charge in [0.15, 0.2) is 0 Å². The first-order valence-electron chi connectivity index (χ1n) is 12.1. The number of piperazine rings is 1. The van der Waals surface area contributed by atoms with Gasteiger partial charge < -0.3 is 16.0 Å². The zero-order chi connectivity index (χ0) is 23.6. The molecule has 182 valence electrons. The quantitative estimate of drug-likeness (QED) is 0.591. The molecule has 2 saturated heterocycles. The Morgan fingerprint density at radius 3 is 2.39 bits per heavy atom. The summed E-state index contributed by atoms with van der Waals surface area (Å²) in [6.07, 6.45) is 7.88. The molecule has 1 aromatic rings. The Morgan fingerprint density at radius 1 is 1.09 bits per heavy atom. The van der Waals surface area contributed by atoms with Crippen molar-refractivity contribution in [3.63, 3.8) is 0 Å². The minimum absolute atomic E-state index is 0.0952. The highest BCUT2D eigenvalue weighted by atomic mass is 35.5. The molecule has 0 radical (unpaired) electrons. The molecular weight excluding hydrogens is 454 g/mol. The van der Waals surface area contributed by atoms with Gasteiger partial charge in [-0.25, -0.2) is 4.31 Å². The van der Waals surface area contributed by atoms with E-state index in [-0.39, 0.29) is 12.1 Å². The smallest absolute Gasteiger partial charge is 0.225 e. The van der Waals surface area contributed by atoms with E-state index in [9.17, 15) is 4.79 Å². The topological polar surface area (TPSA) is 64.8 Å². The minimum atomic E-state index is -0.0952. The number of nitrogens with one attached hydrogen (secondary N) is 1. The van der Waals surface area contributed by atoms with Crippen molar-refractivity contribution in [2.45, 2.75) is 38.6 Å². The van der Waals surface area contributed by atoms with Crippen LogP contribution in [0.2, 0.25) is 5.02 Å². The summed E-state index contributed by atoms with van der Waals surface area (Å²) in [4.78, 5) is 17.5. The molecule has 3 N–H and O–H groups in total. The SMILES string of the molecule is CC.NC1C=C(CN2CCC(C(=O)N3CCN(SCc4ccc(Cl)cc4)CC3)CC2)C=CN1. The molecule has 0 aromatic heterocycles. The van der Waals surface area contributed by atoms with Crippen molar-refractivity contribution in [2.75, 3.05) is 45.8 Å². The molecule has 1 atom stereocenters. The van der Waals surface area contributed by atoms with Crippen molar-refractivity contribution < 1.29 is 4.79 Å². The zero-order valence-corrected chi connectivity index (χ0v) is 21.5. The zero-order valence-electron chi connectivity index (χ0n) is 19.9. The fraction of sp³-hybridized carbons (Fsp3) is 0.560. The molecule has 0 saturated carbocycles. The van der Waals surface area contributed by atoms with E-state index in [1.165, 1.54) is 11.1 Å². The molecule has 33 heavy (non-hydrogen) atoms. The average molecular weight is 492 g/mol. The summed E-state index contributed by atoms with van der Waals surface area (Å²) in [6.45, 7) is 10.4.